The van der Waals surface area contributed by atoms with Crippen LogP contribution >= 0.6 is 0 Å². The molecule has 0 unspecified atom stereocenters. The Labute approximate surface area is 198 Å². The maximum absolute atomic E-state index is 11.5. The summed E-state index contributed by atoms with van der Waals surface area (Å²) in [6.45, 7) is 2.24. The summed E-state index contributed by atoms with van der Waals surface area (Å²) in [6, 6.07) is -1.33. The Morgan fingerprint density at radius 3 is 1.83 bits per heavy atom. The molecule has 0 fully saturated rings. The van der Waals surface area contributed by atoms with Crippen molar-refractivity contribution in [3.05, 3.63) is 12.2 Å². The van der Waals surface area contributed by atoms with Gasteiger partial charge in [0.15, 0.2) is 0 Å². The number of esters is 2. The molecule has 0 radical (unpaired) electrons. The van der Waals surface area contributed by atoms with E-state index in [-0.39, 0.29) is 36.0 Å². The summed E-state index contributed by atoms with van der Waals surface area (Å²) in [6.07, 6.45) is 19.5. The summed E-state index contributed by atoms with van der Waals surface area (Å²) in [5, 5.41) is 8.60. The number of ether oxygens (including phenoxy) is 1. The van der Waals surface area contributed by atoms with Gasteiger partial charge in [-0.1, -0.05) is 70.4 Å². The number of carbonyl (C=O) groups is 3. The molecular formula is C22H40NNaO5. The predicted octanol–water partition coefficient (Wildman–Crippen LogP) is 4.25. The number of carboxylic acid groups (broad SMARTS) is 1. The Morgan fingerprint density at radius 1 is 0.828 bits per heavy atom. The summed E-state index contributed by atoms with van der Waals surface area (Å²) < 4.78 is 4.56. The van der Waals surface area contributed by atoms with Gasteiger partial charge in [0.25, 0.3) is 0 Å². The van der Waals surface area contributed by atoms with Crippen LogP contribution in [0.15, 0.2) is 12.2 Å². The van der Waals surface area contributed by atoms with E-state index >= 15 is 0 Å². The van der Waals surface area contributed by atoms with Crippen molar-refractivity contribution >= 4 is 47.5 Å². The molecule has 7 heteroatoms. The first-order chi connectivity index (χ1) is 13.5. The van der Waals surface area contributed by atoms with E-state index in [2.05, 4.69) is 23.8 Å². The molecule has 0 aliphatic rings. The van der Waals surface area contributed by atoms with Crippen molar-refractivity contribution in [2.75, 3.05) is 0 Å². The van der Waals surface area contributed by atoms with Crippen LogP contribution in [-0.2, 0) is 19.1 Å². The molecule has 3 N–H and O–H groups in total. The second-order valence-corrected chi connectivity index (χ2v) is 7.33. The van der Waals surface area contributed by atoms with Crippen molar-refractivity contribution in [2.45, 2.75) is 109 Å². The van der Waals surface area contributed by atoms with E-state index < -0.39 is 30.4 Å². The van der Waals surface area contributed by atoms with Crippen LogP contribution in [0.5, 0.6) is 0 Å². The first-order valence-electron chi connectivity index (χ1n) is 10.8. The van der Waals surface area contributed by atoms with Gasteiger partial charge < -0.3 is 15.6 Å². The van der Waals surface area contributed by atoms with Crippen molar-refractivity contribution in [2.24, 2.45) is 5.73 Å². The minimum atomic E-state index is -1.33. The van der Waals surface area contributed by atoms with Crippen LogP contribution in [0.25, 0.3) is 0 Å². The Bertz CT molecular complexity index is 468. The van der Waals surface area contributed by atoms with Gasteiger partial charge in [-0.05, 0) is 32.1 Å². The zero-order chi connectivity index (χ0) is 21.0. The SMILES string of the molecule is CCCCCCCC/C=C\CCCCCCCC(=O)OC(=O)C[C@H](N)C(=O)O.[NaH]. The molecule has 164 valence electrons. The summed E-state index contributed by atoms with van der Waals surface area (Å²) in [7, 11) is 0. The molecule has 0 aliphatic carbocycles. The Morgan fingerprint density at radius 2 is 1.31 bits per heavy atom. The fourth-order valence-corrected chi connectivity index (χ4v) is 2.83. The number of nitrogens with two attached hydrogens (primary N) is 1. The van der Waals surface area contributed by atoms with Crippen LogP contribution in [0.3, 0.4) is 0 Å². The van der Waals surface area contributed by atoms with Gasteiger partial charge in [-0.25, -0.2) is 0 Å². The molecule has 0 aromatic carbocycles. The second-order valence-electron chi connectivity index (χ2n) is 7.33. The van der Waals surface area contributed by atoms with Crippen LogP contribution in [-0.4, -0.2) is 58.6 Å². The van der Waals surface area contributed by atoms with Crippen LogP contribution in [0, 0.1) is 0 Å². The molecule has 1 atom stereocenters. The third-order valence-corrected chi connectivity index (χ3v) is 4.57. The van der Waals surface area contributed by atoms with Gasteiger partial charge in [-0.3, -0.25) is 14.4 Å². The quantitative estimate of drug-likeness (QED) is 0.113. The van der Waals surface area contributed by atoms with Crippen molar-refractivity contribution < 1.29 is 24.2 Å². The van der Waals surface area contributed by atoms with E-state index in [0.717, 1.165) is 32.1 Å². The van der Waals surface area contributed by atoms with E-state index in [4.69, 9.17) is 10.8 Å². The van der Waals surface area contributed by atoms with Crippen molar-refractivity contribution in [1.82, 2.24) is 0 Å². The van der Waals surface area contributed by atoms with Crippen LogP contribution < -0.4 is 5.73 Å². The molecule has 29 heavy (non-hydrogen) atoms. The molecule has 0 rings (SSSR count). The monoisotopic (exact) mass is 421 g/mol. The van der Waals surface area contributed by atoms with Gasteiger partial charge in [0, 0.05) is 6.42 Å². The number of carbonyl (C=O) groups excluding carboxylic acids is 2. The molecule has 0 amide bonds. The van der Waals surface area contributed by atoms with Crippen LogP contribution in [0.1, 0.15) is 103 Å². The van der Waals surface area contributed by atoms with Crippen LogP contribution in [0.2, 0.25) is 0 Å². The van der Waals surface area contributed by atoms with E-state index in [1.807, 2.05) is 0 Å². The topological polar surface area (TPSA) is 107 Å². The van der Waals surface area contributed by atoms with Gasteiger partial charge in [0.05, 0.1) is 6.42 Å². The zero-order valence-electron chi connectivity index (χ0n) is 17.5. The third kappa shape index (κ3) is 21.8. The van der Waals surface area contributed by atoms with Gasteiger partial charge in [-0.15, -0.1) is 0 Å². The molecule has 0 aliphatic heterocycles. The summed E-state index contributed by atoms with van der Waals surface area (Å²) >= 11 is 0. The van der Waals surface area contributed by atoms with Gasteiger partial charge in [0.2, 0.25) is 0 Å². The number of allylic oxidation sites excluding steroid dienone is 2. The Hall–Kier alpha value is -0.690. The van der Waals surface area contributed by atoms with Gasteiger partial charge in [-0.2, -0.15) is 0 Å². The zero-order valence-corrected chi connectivity index (χ0v) is 17.5. The molecule has 0 aromatic heterocycles. The Balaban J connectivity index is 0. The first kappa shape index (κ1) is 30.5. The molecule has 0 aromatic rings. The average Bonchev–Trinajstić information content (AvgIpc) is 2.64. The van der Waals surface area contributed by atoms with E-state index in [0.29, 0.717) is 6.42 Å². The molecule has 0 spiro atoms. The van der Waals surface area contributed by atoms with Gasteiger partial charge >= 0.3 is 47.5 Å². The normalized spacial score (nSPS) is 11.8. The molecule has 0 saturated carbocycles. The fraction of sp³-hybridized carbons (Fsp3) is 0.773. The summed E-state index contributed by atoms with van der Waals surface area (Å²) in [4.78, 5) is 33.4. The average molecular weight is 422 g/mol. The fourth-order valence-electron chi connectivity index (χ4n) is 2.83. The molecule has 6 nitrogen and oxygen atoms in total. The summed E-state index contributed by atoms with van der Waals surface area (Å²) in [5.41, 5.74) is 5.21. The number of rotatable bonds is 18. The number of hydrogen-bond donors (Lipinski definition) is 2. The minimum absolute atomic E-state index is 0. The molecular weight excluding hydrogens is 381 g/mol. The van der Waals surface area contributed by atoms with Gasteiger partial charge in [0.1, 0.15) is 6.04 Å². The summed E-state index contributed by atoms with van der Waals surface area (Å²) in [5.74, 6) is -2.78. The Kier molecular flexibility index (Phi) is 23.1. The number of aliphatic carboxylic acids is 1. The van der Waals surface area contributed by atoms with E-state index in [1.165, 1.54) is 44.9 Å². The van der Waals surface area contributed by atoms with E-state index in [9.17, 15) is 14.4 Å². The standard InChI is InChI=1S/C22H39NO5.Na.H/c1-2-3-4-5-6-7-8-9-10-11-12-13-14-15-16-17-20(24)28-21(25)18-19(23)22(26)27;;/h9-10,19H,2-8,11-18,23H2,1H3,(H,26,27);;/b10-9-;;/t19-;;/m0../s1. The number of carboxylic acids is 1. The third-order valence-electron chi connectivity index (χ3n) is 4.57. The second kappa shape index (κ2) is 22.0. The molecule has 0 bridgehead atoms. The predicted molar refractivity (Wildman–Crippen MR) is 118 cm³/mol. The van der Waals surface area contributed by atoms with Crippen LogP contribution in [0.4, 0.5) is 0 Å². The van der Waals surface area contributed by atoms with Crippen molar-refractivity contribution in [3.63, 3.8) is 0 Å². The molecule has 0 saturated heterocycles. The maximum atomic E-state index is 11.5. The molecule has 0 heterocycles. The first-order valence-corrected chi connectivity index (χ1v) is 10.8. The van der Waals surface area contributed by atoms with E-state index in [1.54, 1.807) is 0 Å². The van der Waals surface area contributed by atoms with Crippen molar-refractivity contribution in [3.8, 4) is 0 Å². The number of hydrogen-bond acceptors (Lipinski definition) is 5. The van der Waals surface area contributed by atoms with Crippen molar-refractivity contribution in [1.29, 1.82) is 0 Å². The number of unbranched alkanes of at least 4 members (excludes halogenated alkanes) is 11.